The molecule has 4 nitrogen and oxygen atoms in total. The average Bonchev–Trinajstić information content (AvgIpc) is 2.99. The molecule has 3 rings (SSSR count). The second kappa shape index (κ2) is 6.98. The Morgan fingerprint density at radius 3 is 2.68 bits per heavy atom. The Morgan fingerprint density at radius 1 is 1.32 bits per heavy atom. The van der Waals surface area contributed by atoms with Crippen molar-refractivity contribution in [1.82, 2.24) is 14.5 Å². The van der Waals surface area contributed by atoms with Crippen molar-refractivity contribution in [2.45, 2.75) is 38.5 Å². The lowest BCUT2D eigenvalue weighted by Crippen LogP contribution is -2.48. The minimum atomic E-state index is -0.654. The third-order valence-corrected chi connectivity index (χ3v) is 5.30. The number of carbonyl (C=O) groups excluding carboxylic acids is 1. The van der Waals surface area contributed by atoms with Crippen LogP contribution in [0.4, 0.5) is 4.39 Å². The van der Waals surface area contributed by atoms with Gasteiger partial charge in [0.15, 0.2) is 0 Å². The van der Waals surface area contributed by atoms with E-state index in [9.17, 15) is 9.18 Å². The average molecular weight is 343 g/mol. The van der Waals surface area contributed by atoms with E-state index in [2.05, 4.69) is 4.98 Å². The summed E-state index contributed by atoms with van der Waals surface area (Å²) in [6.07, 6.45) is 6.80. The first-order chi connectivity index (χ1) is 11.9. The van der Waals surface area contributed by atoms with E-state index in [0.29, 0.717) is 5.92 Å². The van der Waals surface area contributed by atoms with Gasteiger partial charge < -0.3 is 9.47 Å². The van der Waals surface area contributed by atoms with Crippen molar-refractivity contribution in [2.75, 3.05) is 13.1 Å². The van der Waals surface area contributed by atoms with Crippen LogP contribution in [0.3, 0.4) is 0 Å². The third-order valence-electron chi connectivity index (χ3n) is 5.30. The highest BCUT2D eigenvalue weighted by Crippen LogP contribution is 2.29. The second-order valence-corrected chi connectivity index (χ2v) is 7.55. The Balaban J connectivity index is 1.70. The van der Waals surface area contributed by atoms with Crippen molar-refractivity contribution in [3.63, 3.8) is 0 Å². The fraction of sp³-hybridized carbons (Fsp3) is 0.500. The molecule has 0 radical (unpaired) electrons. The number of piperidine rings is 1. The van der Waals surface area contributed by atoms with Gasteiger partial charge >= 0.3 is 0 Å². The summed E-state index contributed by atoms with van der Waals surface area (Å²) in [5.41, 5.74) is 0.198. The summed E-state index contributed by atoms with van der Waals surface area (Å²) in [5.74, 6) is 1.34. The molecule has 1 aromatic heterocycles. The zero-order chi connectivity index (χ0) is 18.0. The largest absolute Gasteiger partial charge is 0.342 e. The summed E-state index contributed by atoms with van der Waals surface area (Å²) in [7, 11) is 2.01. The quantitative estimate of drug-likeness (QED) is 0.854. The Morgan fingerprint density at radius 2 is 2.04 bits per heavy atom. The molecule has 0 bridgehead atoms. The van der Waals surface area contributed by atoms with E-state index in [1.165, 1.54) is 12.1 Å². The molecule has 1 aromatic carbocycles. The van der Waals surface area contributed by atoms with Crippen molar-refractivity contribution < 1.29 is 9.18 Å². The molecule has 25 heavy (non-hydrogen) atoms. The van der Waals surface area contributed by atoms with E-state index in [-0.39, 0.29) is 11.7 Å². The SMILES string of the molecule is Cn1ccnc1CC1CCCN(C(=O)C(C)(C)c2ccc(F)cc2)C1. The number of rotatable bonds is 4. The monoisotopic (exact) mass is 343 g/mol. The van der Waals surface area contributed by atoms with Crippen molar-refractivity contribution in [3.8, 4) is 0 Å². The van der Waals surface area contributed by atoms with Crippen molar-refractivity contribution in [1.29, 1.82) is 0 Å². The molecule has 1 unspecified atom stereocenters. The Bertz CT molecular complexity index is 736. The molecule has 1 aliphatic heterocycles. The molecule has 2 heterocycles. The van der Waals surface area contributed by atoms with Gasteiger partial charge in [-0.1, -0.05) is 12.1 Å². The maximum atomic E-state index is 13.2. The maximum absolute atomic E-state index is 13.2. The van der Waals surface area contributed by atoms with Crippen LogP contribution in [-0.2, 0) is 23.7 Å². The molecule has 1 fully saturated rings. The zero-order valence-electron chi connectivity index (χ0n) is 15.2. The Hall–Kier alpha value is -2.17. The smallest absolute Gasteiger partial charge is 0.232 e. The molecule has 134 valence electrons. The van der Waals surface area contributed by atoms with Crippen LogP contribution in [0.2, 0.25) is 0 Å². The number of aromatic nitrogens is 2. The standard InChI is InChI=1S/C20H26FN3O/c1-20(2,16-6-8-17(21)9-7-16)19(25)24-11-4-5-15(14-24)13-18-22-10-12-23(18)3/h6-10,12,15H,4-5,11,13-14H2,1-3H3. The van der Waals surface area contributed by atoms with Gasteiger partial charge in [-0.2, -0.15) is 0 Å². The van der Waals surface area contributed by atoms with Gasteiger partial charge in [0, 0.05) is 39.0 Å². The number of amides is 1. The van der Waals surface area contributed by atoms with E-state index in [4.69, 9.17) is 0 Å². The van der Waals surface area contributed by atoms with Crippen LogP contribution < -0.4 is 0 Å². The van der Waals surface area contributed by atoms with Crippen LogP contribution >= 0.6 is 0 Å². The molecule has 1 atom stereocenters. The van der Waals surface area contributed by atoms with Gasteiger partial charge in [0.1, 0.15) is 11.6 Å². The fourth-order valence-corrected chi connectivity index (χ4v) is 3.65. The number of aryl methyl sites for hydroxylation is 1. The first-order valence-corrected chi connectivity index (χ1v) is 8.89. The van der Waals surface area contributed by atoms with Crippen LogP contribution in [0, 0.1) is 11.7 Å². The van der Waals surface area contributed by atoms with Crippen molar-refractivity contribution >= 4 is 5.91 Å². The Kier molecular flexibility index (Phi) is 4.93. The molecule has 0 aliphatic carbocycles. The van der Waals surface area contributed by atoms with E-state index < -0.39 is 5.41 Å². The van der Waals surface area contributed by atoms with E-state index in [1.54, 1.807) is 12.1 Å². The van der Waals surface area contributed by atoms with Crippen LogP contribution in [-0.4, -0.2) is 33.4 Å². The lowest BCUT2D eigenvalue weighted by molar-refractivity contribution is -0.138. The highest BCUT2D eigenvalue weighted by molar-refractivity contribution is 5.87. The predicted octanol–water partition coefficient (Wildman–Crippen LogP) is 3.32. The summed E-state index contributed by atoms with van der Waals surface area (Å²) in [5, 5.41) is 0. The minimum Gasteiger partial charge on any atom is -0.342 e. The van der Waals surface area contributed by atoms with Gasteiger partial charge in [0.05, 0.1) is 5.41 Å². The number of benzene rings is 1. The molecule has 0 spiro atoms. The summed E-state index contributed by atoms with van der Waals surface area (Å²) in [6, 6.07) is 6.26. The molecule has 1 amide bonds. The number of carbonyl (C=O) groups is 1. The molecule has 1 saturated heterocycles. The van der Waals surface area contributed by atoms with E-state index in [0.717, 1.165) is 43.7 Å². The van der Waals surface area contributed by atoms with Crippen LogP contribution in [0.15, 0.2) is 36.7 Å². The molecule has 5 heteroatoms. The predicted molar refractivity (Wildman–Crippen MR) is 95.6 cm³/mol. The Labute approximate surface area is 148 Å². The molecule has 0 N–H and O–H groups in total. The van der Waals surface area contributed by atoms with Gasteiger partial charge in [-0.3, -0.25) is 4.79 Å². The first kappa shape index (κ1) is 17.6. The van der Waals surface area contributed by atoms with Crippen molar-refractivity contribution in [2.24, 2.45) is 13.0 Å². The first-order valence-electron chi connectivity index (χ1n) is 8.89. The van der Waals surface area contributed by atoms with Crippen LogP contribution in [0.1, 0.15) is 38.1 Å². The van der Waals surface area contributed by atoms with Gasteiger partial charge in [-0.15, -0.1) is 0 Å². The number of halogens is 1. The van der Waals surface area contributed by atoms with Gasteiger partial charge in [-0.05, 0) is 50.3 Å². The minimum absolute atomic E-state index is 0.114. The highest BCUT2D eigenvalue weighted by atomic mass is 19.1. The topological polar surface area (TPSA) is 38.1 Å². The summed E-state index contributed by atoms with van der Waals surface area (Å²) < 4.78 is 15.2. The van der Waals surface area contributed by atoms with Crippen molar-refractivity contribution in [3.05, 3.63) is 53.9 Å². The number of hydrogen-bond acceptors (Lipinski definition) is 2. The van der Waals surface area contributed by atoms with E-state index in [1.807, 2.05) is 42.8 Å². The number of imidazole rings is 1. The number of nitrogens with zero attached hydrogens (tertiary/aromatic N) is 3. The molecule has 1 aliphatic rings. The lowest BCUT2D eigenvalue weighted by atomic mass is 9.82. The van der Waals surface area contributed by atoms with Gasteiger partial charge in [0.2, 0.25) is 5.91 Å². The molecular formula is C20H26FN3O. The van der Waals surface area contributed by atoms with Crippen LogP contribution in [0.25, 0.3) is 0 Å². The fourth-order valence-electron chi connectivity index (χ4n) is 3.65. The molecular weight excluding hydrogens is 317 g/mol. The summed E-state index contributed by atoms with van der Waals surface area (Å²) in [6.45, 7) is 5.40. The molecule has 2 aromatic rings. The normalized spacial score (nSPS) is 18.4. The summed E-state index contributed by atoms with van der Waals surface area (Å²) >= 11 is 0. The number of hydrogen-bond donors (Lipinski definition) is 0. The second-order valence-electron chi connectivity index (χ2n) is 7.55. The summed E-state index contributed by atoms with van der Waals surface area (Å²) in [4.78, 5) is 19.5. The number of likely N-dealkylation sites (tertiary alicyclic amines) is 1. The maximum Gasteiger partial charge on any atom is 0.232 e. The van der Waals surface area contributed by atoms with E-state index >= 15 is 0 Å². The zero-order valence-corrected chi connectivity index (χ0v) is 15.2. The van der Waals surface area contributed by atoms with Gasteiger partial charge in [0.25, 0.3) is 0 Å². The van der Waals surface area contributed by atoms with Crippen LogP contribution in [0.5, 0.6) is 0 Å². The third kappa shape index (κ3) is 3.75. The highest BCUT2D eigenvalue weighted by Gasteiger charge is 2.36. The van der Waals surface area contributed by atoms with Gasteiger partial charge in [-0.25, -0.2) is 9.37 Å². The lowest BCUT2D eigenvalue weighted by Gasteiger charge is -2.38. The molecule has 0 saturated carbocycles.